The molecule has 0 atom stereocenters. The van der Waals surface area contributed by atoms with Crippen molar-refractivity contribution in [1.82, 2.24) is 9.66 Å². The molecule has 0 bridgehead atoms. The Hall–Kier alpha value is -1.95. The topological polar surface area (TPSA) is 81.1 Å². The van der Waals surface area contributed by atoms with Gasteiger partial charge in [-0.05, 0) is 0 Å². The molecule has 1 aromatic heterocycles. The van der Waals surface area contributed by atoms with Crippen molar-refractivity contribution in [3.8, 4) is 11.3 Å². The van der Waals surface area contributed by atoms with Gasteiger partial charge in [0, 0.05) is 5.56 Å². The quantitative estimate of drug-likeness (QED) is 0.633. The molecule has 5 nitrogen and oxygen atoms in total. The molecule has 0 saturated heterocycles. The molecular weight excluding hydrogens is 238 g/mol. The van der Waals surface area contributed by atoms with Crippen LogP contribution < -0.4 is 5.84 Å². The van der Waals surface area contributed by atoms with E-state index >= 15 is 0 Å². The van der Waals surface area contributed by atoms with Crippen molar-refractivity contribution < 1.29 is 9.90 Å². The number of carboxylic acid groups (broad SMARTS) is 1. The van der Waals surface area contributed by atoms with E-state index in [4.69, 9.17) is 10.9 Å². The first-order valence-corrected chi connectivity index (χ1v) is 5.90. The van der Waals surface area contributed by atoms with Gasteiger partial charge < -0.3 is 10.9 Å². The van der Waals surface area contributed by atoms with Gasteiger partial charge in [0.15, 0.2) is 5.16 Å². The molecule has 0 radical (unpaired) electrons. The molecule has 17 heavy (non-hydrogen) atoms. The summed E-state index contributed by atoms with van der Waals surface area (Å²) in [6.07, 6.45) is 1.64. The van der Waals surface area contributed by atoms with Crippen molar-refractivity contribution in [3.05, 3.63) is 36.5 Å². The lowest BCUT2D eigenvalue weighted by atomic mass is 10.2. The van der Waals surface area contributed by atoms with Crippen LogP contribution in [0.2, 0.25) is 0 Å². The number of hydrogen-bond acceptors (Lipinski definition) is 4. The lowest BCUT2D eigenvalue weighted by Gasteiger charge is -2.04. The molecule has 1 aromatic carbocycles. The smallest absolute Gasteiger partial charge is 0.313 e. The number of imidazole rings is 1. The fourth-order valence-corrected chi connectivity index (χ4v) is 2.02. The molecule has 0 spiro atoms. The maximum Gasteiger partial charge on any atom is 0.313 e. The van der Waals surface area contributed by atoms with Gasteiger partial charge in [-0.15, -0.1) is 0 Å². The third kappa shape index (κ3) is 2.59. The van der Waals surface area contributed by atoms with E-state index in [1.165, 1.54) is 4.68 Å². The summed E-state index contributed by atoms with van der Waals surface area (Å²) in [5.74, 6) is 4.92. The van der Waals surface area contributed by atoms with Gasteiger partial charge in [0.05, 0.1) is 17.6 Å². The van der Waals surface area contributed by atoms with Crippen LogP contribution in [0.3, 0.4) is 0 Å². The minimum atomic E-state index is -0.890. The van der Waals surface area contributed by atoms with E-state index in [-0.39, 0.29) is 5.75 Å². The van der Waals surface area contributed by atoms with E-state index in [0.29, 0.717) is 5.16 Å². The summed E-state index contributed by atoms with van der Waals surface area (Å²) in [5.41, 5.74) is 1.71. The summed E-state index contributed by atoms with van der Waals surface area (Å²) >= 11 is 1.10. The van der Waals surface area contributed by atoms with Gasteiger partial charge in [-0.1, -0.05) is 42.1 Å². The molecule has 0 amide bonds. The van der Waals surface area contributed by atoms with E-state index in [1.807, 2.05) is 30.3 Å². The molecule has 1 heterocycles. The molecule has 0 unspecified atom stereocenters. The number of aromatic nitrogens is 2. The zero-order valence-corrected chi connectivity index (χ0v) is 9.72. The maximum atomic E-state index is 10.5. The molecule has 0 saturated carbocycles. The van der Waals surface area contributed by atoms with Crippen LogP contribution in [0.4, 0.5) is 0 Å². The Morgan fingerprint density at radius 2 is 2.12 bits per heavy atom. The van der Waals surface area contributed by atoms with Crippen molar-refractivity contribution in [3.63, 3.8) is 0 Å². The first-order valence-electron chi connectivity index (χ1n) is 4.91. The number of nitrogen functional groups attached to an aromatic ring is 1. The highest BCUT2D eigenvalue weighted by molar-refractivity contribution is 7.99. The van der Waals surface area contributed by atoms with Crippen LogP contribution in [0.25, 0.3) is 11.3 Å². The summed E-state index contributed by atoms with van der Waals surface area (Å²) in [6, 6.07) is 9.58. The number of rotatable bonds is 4. The Balaban J connectivity index is 2.24. The van der Waals surface area contributed by atoms with E-state index < -0.39 is 5.97 Å². The number of aliphatic carboxylic acids is 1. The molecule has 3 N–H and O–H groups in total. The Labute approximate surface area is 102 Å². The van der Waals surface area contributed by atoms with E-state index in [9.17, 15) is 4.79 Å². The lowest BCUT2D eigenvalue weighted by molar-refractivity contribution is -0.133. The van der Waals surface area contributed by atoms with Crippen molar-refractivity contribution in [2.24, 2.45) is 0 Å². The molecule has 0 aliphatic heterocycles. The van der Waals surface area contributed by atoms with Gasteiger partial charge in [0.25, 0.3) is 0 Å². The first-order chi connectivity index (χ1) is 8.18. The van der Waals surface area contributed by atoms with E-state index in [1.54, 1.807) is 6.20 Å². The van der Waals surface area contributed by atoms with Crippen molar-refractivity contribution in [1.29, 1.82) is 0 Å². The van der Waals surface area contributed by atoms with Crippen molar-refractivity contribution >= 4 is 17.7 Å². The van der Waals surface area contributed by atoms with Crippen LogP contribution in [0.1, 0.15) is 0 Å². The number of thioether (sulfide) groups is 1. The van der Waals surface area contributed by atoms with Gasteiger partial charge in [-0.3, -0.25) is 4.79 Å². The summed E-state index contributed by atoms with van der Waals surface area (Å²) in [7, 11) is 0. The summed E-state index contributed by atoms with van der Waals surface area (Å²) in [6.45, 7) is 0. The number of nitrogens with two attached hydrogens (primary N) is 1. The maximum absolute atomic E-state index is 10.5. The first kappa shape index (κ1) is 11.5. The molecule has 0 aliphatic rings. The predicted octanol–water partition coefficient (Wildman–Crippen LogP) is 1.44. The van der Waals surface area contributed by atoms with Gasteiger partial charge in [0.1, 0.15) is 0 Å². The summed E-state index contributed by atoms with van der Waals surface area (Å²) in [5, 5.41) is 9.08. The zero-order chi connectivity index (χ0) is 12.3. The molecular formula is C11H11N3O2S. The molecule has 2 aromatic rings. The lowest BCUT2D eigenvalue weighted by Crippen LogP contribution is -2.12. The number of nitrogens with zero attached hydrogens (tertiary/aromatic N) is 2. The highest BCUT2D eigenvalue weighted by atomic mass is 32.2. The highest BCUT2D eigenvalue weighted by Crippen LogP contribution is 2.23. The van der Waals surface area contributed by atoms with Crippen LogP contribution in [0.5, 0.6) is 0 Å². The average molecular weight is 249 g/mol. The van der Waals surface area contributed by atoms with Gasteiger partial charge in [0.2, 0.25) is 0 Å². The van der Waals surface area contributed by atoms with Crippen LogP contribution >= 0.6 is 11.8 Å². The second-order valence-electron chi connectivity index (χ2n) is 3.34. The fourth-order valence-electron chi connectivity index (χ4n) is 1.40. The normalized spacial score (nSPS) is 10.4. The monoisotopic (exact) mass is 249 g/mol. The molecule has 2 rings (SSSR count). The molecule has 0 fully saturated rings. The van der Waals surface area contributed by atoms with Crippen LogP contribution in [0, 0.1) is 0 Å². The second-order valence-corrected chi connectivity index (χ2v) is 4.29. The molecule has 6 heteroatoms. The third-order valence-corrected chi connectivity index (χ3v) is 3.11. The average Bonchev–Trinajstić information content (AvgIpc) is 2.69. The number of hydrogen-bond donors (Lipinski definition) is 2. The van der Waals surface area contributed by atoms with Gasteiger partial charge >= 0.3 is 5.97 Å². The SMILES string of the molecule is Nn1c(-c2ccccc2)cnc1SCC(=O)O. The highest BCUT2D eigenvalue weighted by Gasteiger charge is 2.10. The predicted molar refractivity (Wildman–Crippen MR) is 66.2 cm³/mol. The Kier molecular flexibility index (Phi) is 3.34. The van der Waals surface area contributed by atoms with Crippen molar-refractivity contribution in [2.75, 3.05) is 11.6 Å². The van der Waals surface area contributed by atoms with E-state index in [2.05, 4.69) is 4.98 Å². The number of benzene rings is 1. The number of carboxylic acids is 1. The Morgan fingerprint density at radius 3 is 2.76 bits per heavy atom. The summed E-state index contributed by atoms with van der Waals surface area (Å²) < 4.78 is 1.41. The minimum Gasteiger partial charge on any atom is -0.481 e. The van der Waals surface area contributed by atoms with E-state index in [0.717, 1.165) is 23.0 Å². The third-order valence-electron chi connectivity index (χ3n) is 2.16. The minimum absolute atomic E-state index is 0.0531. The second kappa shape index (κ2) is 4.92. The van der Waals surface area contributed by atoms with Crippen molar-refractivity contribution in [2.45, 2.75) is 5.16 Å². The molecule has 88 valence electrons. The largest absolute Gasteiger partial charge is 0.481 e. The summed E-state index contributed by atoms with van der Waals surface area (Å²) in [4.78, 5) is 14.6. The Bertz CT molecular complexity index is 525. The van der Waals surface area contributed by atoms with Crippen LogP contribution in [-0.4, -0.2) is 26.5 Å². The van der Waals surface area contributed by atoms with Gasteiger partial charge in [-0.25, -0.2) is 9.66 Å². The van der Waals surface area contributed by atoms with Crippen LogP contribution in [0.15, 0.2) is 41.7 Å². The van der Waals surface area contributed by atoms with Gasteiger partial charge in [-0.2, -0.15) is 0 Å². The molecule has 0 aliphatic carbocycles. The Morgan fingerprint density at radius 1 is 1.41 bits per heavy atom. The standard InChI is InChI=1S/C11H11N3O2S/c12-14-9(8-4-2-1-3-5-8)6-13-11(14)17-7-10(15)16/h1-6H,7,12H2,(H,15,16). The number of carbonyl (C=O) groups is 1. The van der Waals surface area contributed by atoms with Crippen LogP contribution in [-0.2, 0) is 4.79 Å². The fraction of sp³-hybridized carbons (Fsp3) is 0.0909. The zero-order valence-electron chi connectivity index (χ0n) is 8.91.